The maximum Gasteiger partial charge on any atom is 0.259 e. The zero-order chi connectivity index (χ0) is 16.4. The molecular weight excluding hydrogens is 328 g/mol. The maximum absolute atomic E-state index is 12.8. The molecule has 1 saturated carbocycles. The first-order valence-electron chi connectivity index (χ1n) is 8.41. The van der Waals surface area contributed by atoms with Crippen LogP contribution in [0.2, 0.25) is 0 Å². The van der Waals surface area contributed by atoms with Crippen LogP contribution >= 0.6 is 12.4 Å². The maximum atomic E-state index is 12.8. The molecule has 1 amide bonds. The Morgan fingerprint density at radius 1 is 1.50 bits per heavy atom. The van der Waals surface area contributed by atoms with E-state index in [1.54, 1.807) is 0 Å². The van der Waals surface area contributed by atoms with Gasteiger partial charge in [0.15, 0.2) is 0 Å². The lowest BCUT2D eigenvalue weighted by molar-refractivity contribution is 0.0937. The van der Waals surface area contributed by atoms with Crippen molar-refractivity contribution in [1.29, 1.82) is 0 Å². The predicted molar refractivity (Wildman–Crippen MR) is 95.6 cm³/mol. The van der Waals surface area contributed by atoms with Crippen molar-refractivity contribution >= 4 is 29.4 Å². The Kier molecular flexibility index (Phi) is 6.18. The Bertz CT molecular complexity index is 712. The van der Waals surface area contributed by atoms with Crippen LogP contribution in [-0.2, 0) is 0 Å². The largest absolute Gasteiger partial charge is 0.348 e. The first kappa shape index (κ1) is 18.7. The van der Waals surface area contributed by atoms with Gasteiger partial charge in [0, 0.05) is 24.2 Å². The normalized spacial score (nSPS) is 15.1. The number of nitrogens with zero attached hydrogens (tertiary/aromatic N) is 2. The molecule has 6 nitrogen and oxygen atoms in total. The highest BCUT2D eigenvalue weighted by molar-refractivity contribution is 6.06. The monoisotopic (exact) mass is 352 g/mol. The van der Waals surface area contributed by atoms with E-state index in [1.165, 1.54) is 0 Å². The highest BCUT2D eigenvalue weighted by atomic mass is 35.5. The number of amides is 1. The summed E-state index contributed by atoms with van der Waals surface area (Å²) in [5.41, 5.74) is 8.47. The summed E-state index contributed by atoms with van der Waals surface area (Å²) in [6.45, 7) is 4.40. The molecule has 1 atom stereocenters. The Hall–Kier alpha value is -1.66. The number of nitrogens with two attached hydrogens (primary N) is 1. The third kappa shape index (κ3) is 3.87. The summed E-state index contributed by atoms with van der Waals surface area (Å²) in [4.78, 5) is 17.3. The average molecular weight is 353 g/mol. The van der Waals surface area contributed by atoms with Crippen molar-refractivity contribution in [2.45, 2.75) is 57.9 Å². The summed E-state index contributed by atoms with van der Waals surface area (Å²) in [6, 6.07) is 1.89. The Labute approximate surface area is 148 Å². The van der Waals surface area contributed by atoms with E-state index in [4.69, 9.17) is 10.3 Å². The lowest BCUT2D eigenvalue weighted by Crippen LogP contribution is -2.40. The minimum Gasteiger partial charge on any atom is -0.348 e. The number of unbranched alkanes of at least 4 members (excludes halogenated alkanes) is 1. The van der Waals surface area contributed by atoms with Crippen LogP contribution in [0.1, 0.15) is 66.7 Å². The standard InChI is InChI=1S/C17H24N4O2.ClH/c1-3-4-5-12(9-18)19-16(22)13-8-14(11-6-7-11)20-17-15(13)10(2)21-23-17;/h8,11-12H,3-7,9,18H2,1-2H3,(H,19,22);1H. The lowest BCUT2D eigenvalue weighted by atomic mass is 10.1. The second-order valence-electron chi connectivity index (χ2n) is 6.37. The summed E-state index contributed by atoms with van der Waals surface area (Å²) in [5, 5.41) is 7.73. The smallest absolute Gasteiger partial charge is 0.259 e. The number of aryl methyl sites for hydroxylation is 1. The van der Waals surface area contributed by atoms with E-state index in [-0.39, 0.29) is 24.4 Å². The van der Waals surface area contributed by atoms with Crippen molar-refractivity contribution in [3.05, 3.63) is 23.0 Å². The van der Waals surface area contributed by atoms with Gasteiger partial charge in [-0.15, -0.1) is 12.4 Å². The van der Waals surface area contributed by atoms with Crippen LogP contribution < -0.4 is 11.1 Å². The molecular formula is C17H25ClN4O2. The molecule has 24 heavy (non-hydrogen) atoms. The topological polar surface area (TPSA) is 94.0 Å². The molecule has 1 aliphatic rings. The number of carbonyl (C=O) groups is 1. The van der Waals surface area contributed by atoms with Crippen molar-refractivity contribution in [2.24, 2.45) is 5.73 Å². The van der Waals surface area contributed by atoms with E-state index >= 15 is 0 Å². The highest BCUT2D eigenvalue weighted by Gasteiger charge is 2.29. The molecule has 1 fully saturated rings. The number of halogens is 1. The summed E-state index contributed by atoms with van der Waals surface area (Å²) in [6.07, 6.45) is 5.27. The fourth-order valence-corrected chi connectivity index (χ4v) is 2.84. The van der Waals surface area contributed by atoms with Crippen molar-refractivity contribution in [3.8, 4) is 0 Å². The summed E-state index contributed by atoms with van der Waals surface area (Å²) >= 11 is 0. The molecule has 0 aliphatic heterocycles. The lowest BCUT2D eigenvalue weighted by Gasteiger charge is -2.17. The fraction of sp³-hybridized carbons (Fsp3) is 0.588. The van der Waals surface area contributed by atoms with Gasteiger partial charge in [-0.05, 0) is 32.3 Å². The molecule has 0 spiro atoms. The SMILES string of the molecule is CCCCC(CN)NC(=O)c1cc(C2CC2)nc2onc(C)c12.Cl. The van der Waals surface area contributed by atoms with Crippen molar-refractivity contribution in [3.63, 3.8) is 0 Å². The van der Waals surface area contributed by atoms with Gasteiger partial charge in [-0.2, -0.15) is 0 Å². The average Bonchev–Trinajstić information content (AvgIpc) is 3.34. The van der Waals surface area contributed by atoms with E-state index in [2.05, 4.69) is 22.4 Å². The van der Waals surface area contributed by atoms with Gasteiger partial charge in [-0.1, -0.05) is 24.9 Å². The Balaban J connectivity index is 0.00000208. The number of nitrogens with one attached hydrogen (secondary N) is 1. The zero-order valence-corrected chi connectivity index (χ0v) is 15.0. The van der Waals surface area contributed by atoms with Crippen LogP contribution in [-0.4, -0.2) is 28.6 Å². The molecule has 2 aromatic heterocycles. The summed E-state index contributed by atoms with van der Waals surface area (Å²) in [7, 11) is 0. The van der Waals surface area contributed by atoms with Crippen molar-refractivity contribution < 1.29 is 9.32 Å². The third-order valence-corrected chi connectivity index (χ3v) is 4.40. The molecule has 0 bridgehead atoms. The van der Waals surface area contributed by atoms with Gasteiger partial charge in [0.25, 0.3) is 11.6 Å². The van der Waals surface area contributed by atoms with E-state index < -0.39 is 0 Å². The van der Waals surface area contributed by atoms with E-state index in [9.17, 15) is 4.79 Å². The van der Waals surface area contributed by atoms with Gasteiger partial charge in [0.1, 0.15) is 0 Å². The molecule has 2 heterocycles. The Morgan fingerprint density at radius 2 is 2.25 bits per heavy atom. The van der Waals surface area contributed by atoms with Gasteiger partial charge in [0.2, 0.25) is 0 Å². The van der Waals surface area contributed by atoms with Gasteiger partial charge in [0.05, 0.1) is 16.6 Å². The molecule has 0 aromatic carbocycles. The molecule has 1 unspecified atom stereocenters. The van der Waals surface area contributed by atoms with E-state index in [0.29, 0.717) is 34.8 Å². The van der Waals surface area contributed by atoms with Crippen molar-refractivity contribution in [1.82, 2.24) is 15.5 Å². The molecule has 132 valence electrons. The molecule has 7 heteroatoms. The number of aromatic nitrogens is 2. The van der Waals surface area contributed by atoms with E-state index in [0.717, 1.165) is 37.8 Å². The predicted octanol–water partition coefficient (Wildman–Crippen LogP) is 3.08. The van der Waals surface area contributed by atoms with Crippen LogP contribution in [0.25, 0.3) is 11.1 Å². The number of hydrogen-bond donors (Lipinski definition) is 2. The number of rotatable bonds is 7. The second-order valence-corrected chi connectivity index (χ2v) is 6.37. The van der Waals surface area contributed by atoms with Crippen LogP contribution in [0.15, 0.2) is 10.6 Å². The molecule has 3 rings (SSSR count). The van der Waals surface area contributed by atoms with Gasteiger partial charge in [-0.25, -0.2) is 4.98 Å². The fourth-order valence-electron chi connectivity index (χ4n) is 2.84. The van der Waals surface area contributed by atoms with Gasteiger partial charge >= 0.3 is 0 Å². The quantitative estimate of drug-likeness (QED) is 0.798. The summed E-state index contributed by atoms with van der Waals surface area (Å²) in [5.74, 6) is 0.332. The molecule has 0 radical (unpaired) electrons. The van der Waals surface area contributed by atoms with Crippen LogP contribution in [0.4, 0.5) is 0 Å². The van der Waals surface area contributed by atoms with Crippen LogP contribution in [0.3, 0.4) is 0 Å². The number of pyridine rings is 1. The first-order chi connectivity index (χ1) is 11.1. The highest BCUT2D eigenvalue weighted by Crippen LogP contribution is 2.40. The summed E-state index contributed by atoms with van der Waals surface area (Å²) < 4.78 is 5.29. The number of fused-ring (bicyclic) bond motifs is 1. The first-order valence-corrected chi connectivity index (χ1v) is 8.41. The molecule has 2 aromatic rings. The van der Waals surface area contributed by atoms with E-state index in [1.807, 2.05) is 13.0 Å². The van der Waals surface area contributed by atoms with Crippen LogP contribution in [0.5, 0.6) is 0 Å². The Morgan fingerprint density at radius 3 is 2.88 bits per heavy atom. The number of hydrogen-bond acceptors (Lipinski definition) is 5. The molecule has 3 N–H and O–H groups in total. The minimum absolute atomic E-state index is 0. The van der Waals surface area contributed by atoms with Crippen LogP contribution in [0, 0.1) is 6.92 Å². The third-order valence-electron chi connectivity index (χ3n) is 4.40. The zero-order valence-electron chi connectivity index (χ0n) is 14.2. The number of carbonyl (C=O) groups excluding carboxylic acids is 1. The minimum atomic E-state index is -0.114. The van der Waals surface area contributed by atoms with Gasteiger partial charge < -0.3 is 15.6 Å². The molecule has 0 saturated heterocycles. The van der Waals surface area contributed by atoms with Gasteiger partial charge in [-0.3, -0.25) is 4.79 Å². The molecule has 1 aliphatic carbocycles. The second kappa shape index (κ2) is 7.94. The van der Waals surface area contributed by atoms with Crippen molar-refractivity contribution in [2.75, 3.05) is 6.54 Å².